The fourth-order valence-corrected chi connectivity index (χ4v) is 14.3. The number of aryl methyl sites for hydroxylation is 3. The van der Waals surface area contributed by atoms with Gasteiger partial charge in [0.1, 0.15) is 0 Å². The normalized spacial score (nSPS) is 14.2. The van der Waals surface area contributed by atoms with Gasteiger partial charge in [0.25, 0.3) is 6.71 Å². The molecule has 0 bridgehead atoms. The highest BCUT2D eigenvalue weighted by atomic mass is 15.2. The van der Waals surface area contributed by atoms with Crippen LogP contribution in [0.1, 0.15) is 121 Å². The third-order valence-corrected chi connectivity index (χ3v) is 18.7. The Morgan fingerprint density at radius 2 is 0.940 bits per heavy atom. The molecule has 3 aliphatic rings. The van der Waals surface area contributed by atoms with Crippen molar-refractivity contribution in [2.75, 3.05) is 14.7 Å². The molecule has 2 aliphatic heterocycles. The molecule has 1 aromatic heterocycles. The van der Waals surface area contributed by atoms with Crippen molar-refractivity contribution in [3.05, 3.63) is 245 Å². The Morgan fingerprint density at radius 3 is 1.63 bits per heavy atom. The van der Waals surface area contributed by atoms with Crippen LogP contribution in [0.15, 0.2) is 200 Å². The number of aromatic nitrogens is 1. The maximum Gasteiger partial charge on any atom is 0.252 e. The SMILES string of the molecule is Cc1cc2c3c(c1)N(c1ccc4c(c1)C(C)(C)c1ccccc1-4)c1cc(C(C)(C)C)ccc1B3c1ccc(N(c3ccc4c5ccccc5n(-c5ccccc5)c4c3)c3c(C)cc(C(C)(C)C)cc3C)cc1N2c1ccc(C(C)(C)C)cc1. The second-order valence-electron chi connectivity index (χ2n) is 27.7. The van der Waals surface area contributed by atoms with Gasteiger partial charge in [0, 0.05) is 67.4 Å². The summed E-state index contributed by atoms with van der Waals surface area (Å²) in [4.78, 5) is 7.77. The Bertz CT molecular complexity index is 4440. The maximum absolute atomic E-state index is 2.62. The van der Waals surface area contributed by atoms with E-state index >= 15 is 0 Å². The lowest BCUT2D eigenvalue weighted by Crippen LogP contribution is -2.61. The zero-order chi connectivity index (χ0) is 57.8. The average Bonchev–Trinajstić information content (AvgIpc) is 3.91. The standard InChI is InChI=1S/C78H75BN4/c1-48-40-71-73-72(41-48)83(56-33-36-60-59-24-18-20-26-63(59)78(13,14)64(60)45-56)69-44-52(76(7,8)9)30-38-65(69)79(73)66-39-35-58(47-70(66)82(71)55-31-28-51(29-32-55)75(4,5)6)80(74-49(2)42-53(43-50(74)3)77(10,11)12)57-34-37-62-61-25-19-21-27-67(61)81(68(62)46-57)54-22-16-15-17-23-54/h15-47H,1-14H3. The molecule has 0 N–H and O–H groups in total. The lowest BCUT2D eigenvalue weighted by atomic mass is 9.33. The molecule has 0 amide bonds. The largest absolute Gasteiger partial charge is 0.311 e. The van der Waals surface area contributed by atoms with E-state index in [9.17, 15) is 0 Å². The van der Waals surface area contributed by atoms with Gasteiger partial charge in [-0.25, -0.2) is 0 Å². The molecule has 410 valence electrons. The van der Waals surface area contributed by atoms with Crippen LogP contribution in [0, 0.1) is 20.8 Å². The van der Waals surface area contributed by atoms with Gasteiger partial charge in [-0.2, -0.15) is 0 Å². The van der Waals surface area contributed by atoms with Crippen LogP contribution in [0.4, 0.5) is 51.2 Å². The molecule has 0 fully saturated rings. The number of hydrogen-bond acceptors (Lipinski definition) is 3. The van der Waals surface area contributed by atoms with Crippen molar-refractivity contribution in [2.24, 2.45) is 0 Å². The first-order chi connectivity index (χ1) is 39.6. The molecule has 0 saturated heterocycles. The molecular weight excluding hydrogens is 1000 g/mol. The van der Waals surface area contributed by atoms with E-state index in [1.807, 2.05) is 0 Å². The Hall–Kier alpha value is -8.54. The smallest absolute Gasteiger partial charge is 0.252 e. The lowest BCUT2D eigenvalue weighted by molar-refractivity contribution is 0.589. The van der Waals surface area contributed by atoms with Gasteiger partial charge in [-0.05, 0) is 194 Å². The van der Waals surface area contributed by atoms with Crippen LogP contribution in [0.2, 0.25) is 0 Å². The summed E-state index contributed by atoms with van der Waals surface area (Å²) in [5.74, 6) is 0. The van der Waals surface area contributed by atoms with Crippen LogP contribution in [0.5, 0.6) is 0 Å². The first-order valence-corrected chi connectivity index (χ1v) is 29.9. The molecule has 1 aliphatic carbocycles. The van der Waals surface area contributed by atoms with Gasteiger partial charge >= 0.3 is 0 Å². The molecule has 11 aromatic rings. The molecule has 0 radical (unpaired) electrons. The molecule has 5 heteroatoms. The number of hydrogen-bond donors (Lipinski definition) is 0. The highest BCUT2D eigenvalue weighted by Crippen LogP contribution is 2.53. The van der Waals surface area contributed by atoms with Gasteiger partial charge in [0.2, 0.25) is 0 Å². The Morgan fingerprint density at radius 1 is 0.398 bits per heavy atom. The van der Waals surface area contributed by atoms with Crippen molar-refractivity contribution in [1.29, 1.82) is 0 Å². The van der Waals surface area contributed by atoms with Crippen LogP contribution < -0.4 is 31.1 Å². The number of fused-ring (bicyclic) bond motifs is 10. The zero-order valence-electron chi connectivity index (χ0n) is 50.9. The van der Waals surface area contributed by atoms with Gasteiger partial charge in [-0.1, -0.05) is 191 Å². The Kier molecular flexibility index (Phi) is 11.7. The zero-order valence-corrected chi connectivity index (χ0v) is 50.9. The van der Waals surface area contributed by atoms with Crippen LogP contribution in [0.3, 0.4) is 0 Å². The second-order valence-corrected chi connectivity index (χ2v) is 27.7. The molecular formula is C78H75BN4. The molecule has 3 heterocycles. The minimum absolute atomic E-state index is 0.00685. The fourth-order valence-electron chi connectivity index (χ4n) is 14.3. The molecule has 83 heavy (non-hydrogen) atoms. The van der Waals surface area contributed by atoms with E-state index in [2.05, 4.69) is 316 Å². The van der Waals surface area contributed by atoms with Crippen molar-refractivity contribution < 1.29 is 0 Å². The molecule has 0 unspecified atom stereocenters. The second kappa shape index (κ2) is 18.5. The Labute approximate surface area is 492 Å². The molecule has 14 rings (SSSR count). The van der Waals surface area contributed by atoms with Crippen molar-refractivity contribution in [3.63, 3.8) is 0 Å². The minimum atomic E-state index is -0.152. The highest BCUT2D eigenvalue weighted by molar-refractivity contribution is 7.00. The summed E-state index contributed by atoms with van der Waals surface area (Å²) < 4.78 is 2.44. The first-order valence-electron chi connectivity index (χ1n) is 29.9. The molecule has 4 nitrogen and oxygen atoms in total. The van der Waals surface area contributed by atoms with Gasteiger partial charge in [0.05, 0.1) is 16.7 Å². The average molecular weight is 1080 g/mol. The fraction of sp³-hybridized carbons (Fsp3) is 0.231. The molecule has 0 spiro atoms. The summed E-state index contributed by atoms with van der Waals surface area (Å²) in [6, 6.07) is 77.1. The van der Waals surface area contributed by atoms with E-state index in [0.717, 1.165) is 22.7 Å². The topological polar surface area (TPSA) is 14.7 Å². The van der Waals surface area contributed by atoms with Crippen LogP contribution in [0.25, 0.3) is 38.6 Å². The van der Waals surface area contributed by atoms with Gasteiger partial charge in [-0.15, -0.1) is 0 Å². The summed E-state index contributed by atoms with van der Waals surface area (Å²) in [6.07, 6.45) is 0. The van der Waals surface area contributed by atoms with Crippen molar-refractivity contribution in [2.45, 2.75) is 119 Å². The number of nitrogens with zero attached hydrogens (tertiary/aromatic N) is 4. The van der Waals surface area contributed by atoms with Crippen molar-refractivity contribution >= 4 is 96.1 Å². The summed E-state index contributed by atoms with van der Waals surface area (Å²) in [5, 5.41) is 2.48. The lowest BCUT2D eigenvalue weighted by Gasteiger charge is -2.45. The van der Waals surface area contributed by atoms with Crippen LogP contribution in [-0.2, 0) is 21.7 Å². The Balaban J connectivity index is 1.04. The third kappa shape index (κ3) is 8.23. The third-order valence-electron chi connectivity index (χ3n) is 18.7. The highest BCUT2D eigenvalue weighted by Gasteiger charge is 2.45. The molecule has 0 saturated carbocycles. The summed E-state index contributed by atoms with van der Waals surface area (Å²) in [7, 11) is 0. The van der Waals surface area contributed by atoms with Crippen molar-refractivity contribution in [1.82, 2.24) is 4.57 Å². The van der Waals surface area contributed by atoms with E-state index in [-0.39, 0.29) is 28.4 Å². The van der Waals surface area contributed by atoms with E-state index in [0.29, 0.717) is 0 Å². The summed E-state index contributed by atoms with van der Waals surface area (Å²) in [5.41, 5.74) is 30.9. The van der Waals surface area contributed by atoms with E-state index in [4.69, 9.17) is 0 Å². The summed E-state index contributed by atoms with van der Waals surface area (Å²) >= 11 is 0. The number of rotatable bonds is 6. The molecule has 0 atom stereocenters. The number of anilines is 9. The van der Waals surface area contributed by atoms with E-state index < -0.39 is 0 Å². The molecule has 10 aromatic carbocycles. The van der Waals surface area contributed by atoms with Gasteiger partial charge in [-0.3, -0.25) is 0 Å². The van der Waals surface area contributed by atoms with Crippen LogP contribution >= 0.6 is 0 Å². The predicted molar refractivity (Wildman–Crippen MR) is 357 cm³/mol. The van der Waals surface area contributed by atoms with Crippen molar-refractivity contribution in [3.8, 4) is 16.8 Å². The predicted octanol–water partition coefficient (Wildman–Crippen LogP) is 19.5. The van der Waals surface area contributed by atoms with Crippen LogP contribution in [-0.4, -0.2) is 11.3 Å². The monoisotopic (exact) mass is 1080 g/mol. The number of benzene rings is 10. The van der Waals surface area contributed by atoms with Gasteiger partial charge < -0.3 is 19.3 Å². The quantitative estimate of drug-likeness (QED) is 0.154. The first kappa shape index (κ1) is 52.5. The van der Waals surface area contributed by atoms with E-state index in [1.165, 1.54) is 128 Å². The van der Waals surface area contributed by atoms with Gasteiger partial charge in [0.15, 0.2) is 0 Å². The minimum Gasteiger partial charge on any atom is -0.311 e. The number of para-hydroxylation sites is 2. The summed E-state index contributed by atoms with van der Waals surface area (Å²) in [6.45, 7) is 32.6. The maximum atomic E-state index is 2.62. The van der Waals surface area contributed by atoms with E-state index in [1.54, 1.807) is 0 Å².